The third-order valence-electron chi connectivity index (χ3n) is 3.51. The van der Waals surface area contributed by atoms with Crippen LogP contribution in [0.3, 0.4) is 0 Å². The van der Waals surface area contributed by atoms with E-state index in [0.717, 1.165) is 22.2 Å². The molecular weight excluding hydrogens is 449 g/mol. The van der Waals surface area contributed by atoms with Crippen LogP contribution in [0.4, 0.5) is 0 Å². The van der Waals surface area contributed by atoms with Crippen LogP contribution in [0.1, 0.15) is 12.5 Å². The van der Waals surface area contributed by atoms with Gasteiger partial charge in [0.05, 0.1) is 36.2 Å². The van der Waals surface area contributed by atoms with E-state index in [2.05, 4.69) is 39.0 Å². The molecule has 1 N–H and O–H groups in total. The van der Waals surface area contributed by atoms with E-state index in [4.69, 9.17) is 20.6 Å². The zero-order valence-corrected chi connectivity index (χ0v) is 16.8. The zero-order chi connectivity index (χ0) is 18.8. The summed E-state index contributed by atoms with van der Waals surface area (Å²) in [5, 5.41) is 4.03. The fourth-order valence-corrected chi connectivity index (χ4v) is 3.14. The van der Waals surface area contributed by atoms with Crippen molar-refractivity contribution in [1.29, 1.82) is 0 Å². The van der Waals surface area contributed by atoms with Crippen molar-refractivity contribution in [3.8, 4) is 23.8 Å². The molecule has 0 unspecified atom stereocenters. The summed E-state index contributed by atoms with van der Waals surface area (Å²) in [5.41, 5.74) is 3.33. The van der Waals surface area contributed by atoms with Crippen molar-refractivity contribution in [2.24, 2.45) is 5.10 Å². The lowest BCUT2D eigenvalue weighted by atomic mass is 10.2. The van der Waals surface area contributed by atoms with Gasteiger partial charge in [0.25, 0.3) is 5.91 Å². The highest BCUT2D eigenvalue weighted by Crippen LogP contribution is 2.33. The molecule has 140 valence electrons. The van der Waals surface area contributed by atoms with E-state index < -0.39 is 0 Å². The highest BCUT2D eigenvalue weighted by atomic mass is 127. The van der Waals surface area contributed by atoms with Crippen molar-refractivity contribution in [2.45, 2.75) is 6.92 Å². The second-order valence-electron chi connectivity index (χ2n) is 5.44. The van der Waals surface area contributed by atoms with Crippen molar-refractivity contribution in [3.05, 3.63) is 21.3 Å². The Hall–Kier alpha value is -1.83. The van der Waals surface area contributed by atoms with Gasteiger partial charge in [-0.25, -0.2) is 5.43 Å². The molecule has 1 amide bonds. The molecule has 1 saturated heterocycles. The van der Waals surface area contributed by atoms with Crippen molar-refractivity contribution >= 4 is 34.7 Å². The fourth-order valence-electron chi connectivity index (χ4n) is 2.36. The van der Waals surface area contributed by atoms with Crippen LogP contribution in [0.15, 0.2) is 17.2 Å². The van der Waals surface area contributed by atoms with Crippen LogP contribution in [0, 0.1) is 15.9 Å². The van der Waals surface area contributed by atoms with Crippen molar-refractivity contribution in [1.82, 2.24) is 10.3 Å². The average Bonchev–Trinajstić information content (AvgIpc) is 2.62. The van der Waals surface area contributed by atoms with Crippen LogP contribution < -0.4 is 14.9 Å². The SMILES string of the molecule is C#CCOc1c(I)cc(C=NNC(=O)CN2CCOCC2)cc1OCC. The highest BCUT2D eigenvalue weighted by molar-refractivity contribution is 14.1. The summed E-state index contributed by atoms with van der Waals surface area (Å²) < 4.78 is 17.3. The molecule has 0 spiro atoms. The average molecular weight is 471 g/mol. The molecule has 1 aliphatic heterocycles. The Labute approximate surface area is 167 Å². The molecule has 0 saturated carbocycles. The minimum atomic E-state index is -0.156. The number of carbonyl (C=O) groups excluding carboxylic acids is 1. The van der Waals surface area contributed by atoms with E-state index in [1.165, 1.54) is 0 Å². The number of nitrogens with zero attached hydrogens (tertiary/aromatic N) is 2. The monoisotopic (exact) mass is 471 g/mol. The minimum Gasteiger partial charge on any atom is -0.490 e. The van der Waals surface area contributed by atoms with E-state index in [1.807, 2.05) is 17.9 Å². The van der Waals surface area contributed by atoms with Crippen molar-refractivity contribution < 1.29 is 19.0 Å². The number of benzene rings is 1. The van der Waals surface area contributed by atoms with Gasteiger partial charge in [0.15, 0.2) is 11.5 Å². The predicted octanol–water partition coefficient (Wildman–Crippen LogP) is 1.48. The molecule has 2 rings (SSSR count). The normalized spacial score (nSPS) is 14.8. The first-order chi connectivity index (χ1) is 12.6. The van der Waals surface area contributed by atoms with Crippen molar-refractivity contribution in [2.75, 3.05) is 46.1 Å². The number of hydrogen-bond donors (Lipinski definition) is 1. The second kappa shape index (κ2) is 11.0. The molecule has 7 nitrogen and oxygen atoms in total. The molecule has 1 aromatic rings. The molecule has 0 atom stereocenters. The van der Waals surface area contributed by atoms with E-state index >= 15 is 0 Å². The molecule has 8 heteroatoms. The van der Waals surface area contributed by atoms with Gasteiger partial charge in [0.1, 0.15) is 6.61 Å². The highest BCUT2D eigenvalue weighted by Gasteiger charge is 2.14. The standard InChI is InChI=1S/C18H22IN3O4/c1-3-7-26-18-15(19)10-14(11-16(18)25-4-2)12-20-21-17(23)13-22-5-8-24-9-6-22/h1,10-12H,4-9,13H2,2H3,(H,21,23). The van der Waals surface area contributed by atoms with Gasteiger partial charge in [-0.3, -0.25) is 9.69 Å². The Morgan fingerprint density at radius 2 is 2.23 bits per heavy atom. The van der Waals surface area contributed by atoms with E-state index in [9.17, 15) is 4.79 Å². The van der Waals surface area contributed by atoms with Gasteiger partial charge in [-0.1, -0.05) is 5.92 Å². The van der Waals surface area contributed by atoms with Gasteiger partial charge < -0.3 is 14.2 Å². The lowest BCUT2D eigenvalue weighted by Gasteiger charge is -2.25. The second-order valence-corrected chi connectivity index (χ2v) is 6.60. The molecule has 1 heterocycles. The molecule has 0 radical (unpaired) electrons. The van der Waals surface area contributed by atoms with Crippen LogP contribution in [0.2, 0.25) is 0 Å². The number of morpholine rings is 1. The number of terminal acetylenes is 1. The Balaban J connectivity index is 1.97. The van der Waals surface area contributed by atoms with Gasteiger partial charge in [-0.05, 0) is 47.2 Å². The van der Waals surface area contributed by atoms with Gasteiger partial charge in [-0.15, -0.1) is 6.42 Å². The number of amides is 1. The number of ether oxygens (including phenoxy) is 3. The Morgan fingerprint density at radius 3 is 2.92 bits per heavy atom. The quantitative estimate of drug-likeness (QED) is 0.269. The Kier molecular flexibility index (Phi) is 8.67. The molecule has 0 bridgehead atoms. The molecule has 0 aromatic heterocycles. The molecule has 0 aliphatic carbocycles. The molecule has 26 heavy (non-hydrogen) atoms. The van der Waals surface area contributed by atoms with Crippen LogP contribution in [0.25, 0.3) is 0 Å². The van der Waals surface area contributed by atoms with E-state index in [0.29, 0.717) is 37.9 Å². The van der Waals surface area contributed by atoms with Crippen LogP contribution in [-0.4, -0.2) is 63.1 Å². The summed E-state index contributed by atoms with van der Waals surface area (Å²) >= 11 is 2.15. The first-order valence-electron chi connectivity index (χ1n) is 8.28. The summed E-state index contributed by atoms with van der Waals surface area (Å²) in [6.45, 7) is 5.69. The number of halogens is 1. The largest absolute Gasteiger partial charge is 0.490 e. The van der Waals surface area contributed by atoms with Gasteiger partial charge in [0, 0.05) is 13.1 Å². The molecule has 1 fully saturated rings. The summed E-state index contributed by atoms with van der Waals surface area (Å²) in [4.78, 5) is 14.0. The molecule has 1 aromatic carbocycles. The van der Waals surface area contributed by atoms with Crippen LogP contribution in [-0.2, 0) is 9.53 Å². The van der Waals surface area contributed by atoms with Crippen LogP contribution >= 0.6 is 22.6 Å². The number of carbonyl (C=O) groups is 1. The number of rotatable bonds is 8. The zero-order valence-electron chi connectivity index (χ0n) is 14.7. The summed E-state index contributed by atoms with van der Waals surface area (Å²) in [6.07, 6.45) is 6.83. The van der Waals surface area contributed by atoms with Gasteiger partial charge in [-0.2, -0.15) is 5.10 Å². The lowest BCUT2D eigenvalue weighted by molar-refractivity contribution is -0.123. The van der Waals surface area contributed by atoms with Gasteiger partial charge in [0.2, 0.25) is 0 Å². The van der Waals surface area contributed by atoms with Crippen LogP contribution in [0.5, 0.6) is 11.5 Å². The summed E-state index contributed by atoms with van der Waals surface area (Å²) in [7, 11) is 0. The minimum absolute atomic E-state index is 0.156. The number of nitrogens with one attached hydrogen (secondary N) is 1. The first kappa shape index (κ1) is 20.5. The number of hydrazone groups is 1. The maximum atomic E-state index is 11.9. The Bertz CT molecular complexity index is 682. The fraction of sp³-hybridized carbons (Fsp3) is 0.444. The summed E-state index contributed by atoms with van der Waals surface area (Å²) in [6, 6.07) is 3.68. The van der Waals surface area contributed by atoms with Gasteiger partial charge >= 0.3 is 0 Å². The topological polar surface area (TPSA) is 72.4 Å². The van der Waals surface area contributed by atoms with Crippen molar-refractivity contribution in [3.63, 3.8) is 0 Å². The summed E-state index contributed by atoms with van der Waals surface area (Å²) in [5.74, 6) is 3.49. The smallest absolute Gasteiger partial charge is 0.254 e. The lowest BCUT2D eigenvalue weighted by Crippen LogP contribution is -2.42. The molecule has 1 aliphatic rings. The van der Waals surface area contributed by atoms with E-state index in [-0.39, 0.29) is 12.5 Å². The van der Waals surface area contributed by atoms with E-state index in [1.54, 1.807) is 12.3 Å². The number of hydrogen-bond acceptors (Lipinski definition) is 6. The third kappa shape index (κ3) is 6.48. The predicted molar refractivity (Wildman–Crippen MR) is 108 cm³/mol. The Morgan fingerprint density at radius 1 is 1.46 bits per heavy atom. The maximum Gasteiger partial charge on any atom is 0.254 e. The maximum absolute atomic E-state index is 11.9. The molecular formula is C18H22IN3O4. The first-order valence-corrected chi connectivity index (χ1v) is 9.36. The third-order valence-corrected chi connectivity index (χ3v) is 4.31.